The minimum atomic E-state index is -0.267. The van der Waals surface area contributed by atoms with E-state index in [0.29, 0.717) is 12.8 Å². The molecule has 4 rings (SSSR count). The van der Waals surface area contributed by atoms with Crippen molar-refractivity contribution in [1.29, 1.82) is 0 Å². The lowest BCUT2D eigenvalue weighted by Crippen LogP contribution is -2.48. The van der Waals surface area contributed by atoms with Crippen molar-refractivity contribution < 1.29 is 14.0 Å². The second-order valence-electron chi connectivity index (χ2n) is 8.84. The number of aldehydes is 1. The van der Waals surface area contributed by atoms with E-state index in [9.17, 15) is 14.0 Å². The molecule has 1 fully saturated rings. The van der Waals surface area contributed by atoms with Gasteiger partial charge in [0.2, 0.25) is 0 Å². The summed E-state index contributed by atoms with van der Waals surface area (Å²) in [5.41, 5.74) is 4.00. The number of halogens is 1. The first-order valence-electron chi connectivity index (χ1n) is 10.4. The number of aromatic nitrogens is 2. The van der Waals surface area contributed by atoms with Gasteiger partial charge in [0.15, 0.2) is 0 Å². The fraction of sp³-hybridized carbons (Fsp3) is 0.458. The van der Waals surface area contributed by atoms with Gasteiger partial charge in [0.1, 0.15) is 17.9 Å². The summed E-state index contributed by atoms with van der Waals surface area (Å²) in [4.78, 5) is 23.4. The number of carbonyl (C=O) groups excluding carboxylic acids is 2. The van der Waals surface area contributed by atoms with Crippen molar-refractivity contribution in [2.45, 2.75) is 58.8 Å². The van der Waals surface area contributed by atoms with Crippen LogP contribution < -0.4 is 0 Å². The molecule has 2 aromatic rings. The molecule has 0 aliphatic heterocycles. The number of benzene rings is 1. The molecule has 2 atom stereocenters. The Bertz CT molecular complexity index is 975. The molecule has 0 spiro atoms. The van der Waals surface area contributed by atoms with Crippen LogP contribution in [0.1, 0.15) is 63.6 Å². The fourth-order valence-corrected chi connectivity index (χ4v) is 5.64. The van der Waals surface area contributed by atoms with Gasteiger partial charge in [-0.05, 0) is 85.8 Å². The first-order valence-corrected chi connectivity index (χ1v) is 10.4. The highest BCUT2D eigenvalue weighted by Crippen LogP contribution is 2.61. The van der Waals surface area contributed by atoms with Gasteiger partial charge in [0.25, 0.3) is 0 Å². The van der Waals surface area contributed by atoms with Gasteiger partial charge in [-0.15, -0.1) is 0 Å². The van der Waals surface area contributed by atoms with Crippen LogP contribution in [0.5, 0.6) is 0 Å². The molecule has 5 heteroatoms. The molecule has 0 unspecified atom stereocenters. The molecule has 1 saturated carbocycles. The number of hydrogen-bond acceptors (Lipinski definition) is 3. The molecule has 29 heavy (non-hydrogen) atoms. The Labute approximate surface area is 170 Å². The molecule has 0 N–H and O–H groups in total. The van der Waals surface area contributed by atoms with E-state index in [-0.39, 0.29) is 22.4 Å². The van der Waals surface area contributed by atoms with E-state index in [2.05, 4.69) is 18.1 Å². The van der Waals surface area contributed by atoms with Crippen molar-refractivity contribution in [2.75, 3.05) is 0 Å². The number of allylic oxidation sites excluding steroid dienone is 1. The van der Waals surface area contributed by atoms with Gasteiger partial charge in [0, 0.05) is 12.8 Å². The molecule has 0 radical (unpaired) electrons. The molecule has 0 bridgehead atoms. The third-order valence-electron chi connectivity index (χ3n) is 7.12. The van der Waals surface area contributed by atoms with Crippen LogP contribution in [0, 0.1) is 16.6 Å². The molecule has 152 valence electrons. The van der Waals surface area contributed by atoms with Crippen LogP contribution in [0.2, 0.25) is 0 Å². The van der Waals surface area contributed by atoms with Gasteiger partial charge >= 0.3 is 0 Å². The Kier molecular flexibility index (Phi) is 5.01. The number of Topliss-reactive ketones (excluding diaryl/α,β-unsaturated/α-hetero) is 1. The van der Waals surface area contributed by atoms with Crippen LogP contribution in [0.3, 0.4) is 0 Å². The van der Waals surface area contributed by atoms with Gasteiger partial charge in [0.05, 0.1) is 17.6 Å². The lowest BCUT2D eigenvalue weighted by atomic mass is 9.48. The first kappa shape index (κ1) is 19.7. The largest absolute Gasteiger partial charge is 0.303 e. The van der Waals surface area contributed by atoms with Crippen LogP contribution in [-0.2, 0) is 16.0 Å². The molecule has 0 saturated heterocycles. The number of ketones is 1. The maximum atomic E-state index is 13.3. The maximum Gasteiger partial charge on any atom is 0.130 e. The summed E-state index contributed by atoms with van der Waals surface area (Å²) in [5, 5.41) is 4.58. The number of nitrogens with zero attached hydrogens (tertiary/aromatic N) is 2. The van der Waals surface area contributed by atoms with E-state index in [1.165, 1.54) is 17.7 Å². The Morgan fingerprint density at radius 1 is 1.31 bits per heavy atom. The quantitative estimate of drug-likeness (QED) is 0.642. The standard InChI is InChI=1S/C24H27FN2O2/c1-17(29)14-24(11-4-12-28)10-3-5-19-13-22-18(15-23(19,24)2)16-26-27(22)21-8-6-20(25)7-9-21/h6-9,12-13,16H,3-5,10-11,14-15H2,1-2H3/t23-,24-/m0/s1. The van der Waals surface area contributed by atoms with E-state index < -0.39 is 0 Å². The van der Waals surface area contributed by atoms with Crippen molar-refractivity contribution >= 4 is 18.1 Å². The summed E-state index contributed by atoms with van der Waals surface area (Å²) in [6, 6.07) is 6.36. The van der Waals surface area contributed by atoms with E-state index in [1.54, 1.807) is 19.1 Å². The minimum Gasteiger partial charge on any atom is -0.303 e. The van der Waals surface area contributed by atoms with Gasteiger partial charge in [-0.25, -0.2) is 9.07 Å². The first-order chi connectivity index (χ1) is 13.9. The maximum absolute atomic E-state index is 13.3. The van der Waals surface area contributed by atoms with Crippen molar-refractivity contribution in [3.8, 4) is 5.69 Å². The Balaban J connectivity index is 1.78. The van der Waals surface area contributed by atoms with E-state index in [0.717, 1.165) is 55.3 Å². The van der Waals surface area contributed by atoms with Gasteiger partial charge in [-0.2, -0.15) is 5.10 Å². The third kappa shape index (κ3) is 3.26. The lowest BCUT2D eigenvalue weighted by molar-refractivity contribution is -0.123. The second kappa shape index (κ2) is 7.36. The molecular weight excluding hydrogens is 367 g/mol. The van der Waals surface area contributed by atoms with Crippen molar-refractivity contribution in [2.24, 2.45) is 10.8 Å². The number of hydrogen-bond donors (Lipinski definition) is 0. The van der Waals surface area contributed by atoms with E-state index in [4.69, 9.17) is 0 Å². The molecular formula is C24H27FN2O2. The highest BCUT2D eigenvalue weighted by molar-refractivity contribution is 5.77. The zero-order chi connectivity index (χ0) is 20.6. The van der Waals surface area contributed by atoms with E-state index in [1.807, 2.05) is 10.9 Å². The fourth-order valence-electron chi connectivity index (χ4n) is 5.64. The van der Waals surface area contributed by atoms with Crippen LogP contribution in [0.4, 0.5) is 4.39 Å². The summed E-state index contributed by atoms with van der Waals surface area (Å²) in [7, 11) is 0. The van der Waals surface area contributed by atoms with Crippen molar-refractivity contribution in [1.82, 2.24) is 9.78 Å². The third-order valence-corrected chi connectivity index (χ3v) is 7.12. The van der Waals surface area contributed by atoms with Crippen LogP contribution >= 0.6 is 0 Å². The van der Waals surface area contributed by atoms with Gasteiger partial charge in [-0.3, -0.25) is 0 Å². The SMILES string of the molecule is CC(=O)C[C@@]1(CCC=O)CCCC2=Cc3c(cnn3-c3ccc(F)cc3)C[C@@]21C. The molecule has 0 amide bonds. The van der Waals surface area contributed by atoms with Crippen molar-refractivity contribution in [3.63, 3.8) is 0 Å². The lowest BCUT2D eigenvalue weighted by Gasteiger charge is -2.55. The Morgan fingerprint density at radius 3 is 2.76 bits per heavy atom. The normalized spacial score (nSPS) is 25.7. The average molecular weight is 394 g/mol. The molecule has 1 aromatic carbocycles. The van der Waals surface area contributed by atoms with Gasteiger partial charge < -0.3 is 9.59 Å². The Morgan fingerprint density at radius 2 is 2.07 bits per heavy atom. The summed E-state index contributed by atoms with van der Waals surface area (Å²) in [6.45, 7) is 3.93. The molecule has 4 nitrogen and oxygen atoms in total. The molecule has 1 heterocycles. The number of carbonyl (C=O) groups is 2. The topological polar surface area (TPSA) is 52.0 Å². The summed E-state index contributed by atoms with van der Waals surface area (Å²) in [6.07, 6.45) is 10.6. The van der Waals surface area contributed by atoms with Crippen molar-refractivity contribution in [3.05, 3.63) is 53.1 Å². The number of rotatable bonds is 6. The molecule has 1 aromatic heterocycles. The van der Waals surface area contributed by atoms with Gasteiger partial charge in [-0.1, -0.05) is 12.5 Å². The molecule has 2 aliphatic rings. The average Bonchev–Trinajstić information content (AvgIpc) is 3.08. The van der Waals surface area contributed by atoms with Crippen LogP contribution in [0.25, 0.3) is 11.8 Å². The van der Waals surface area contributed by atoms with Crippen LogP contribution in [0.15, 0.2) is 36.0 Å². The minimum absolute atomic E-state index is 0.163. The second-order valence-corrected chi connectivity index (χ2v) is 8.84. The monoisotopic (exact) mass is 394 g/mol. The summed E-state index contributed by atoms with van der Waals surface area (Å²) >= 11 is 0. The van der Waals surface area contributed by atoms with Crippen LogP contribution in [-0.4, -0.2) is 21.8 Å². The Hall–Kier alpha value is -2.56. The summed E-state index contributed by atoms with van der Waals surface area (Å²) < 4.78 is 15.2. The summed E-state index contributed by atoms with van der Waals surface area (Å²) in [5.74, 6) is -0.0802. The highest BCUT2D eigenvalue weighted by atomic mass is 19.1. The van der Waals surface area contributed by atoms with E-state index >= 15 is 0 Å². The predicted octanol–water partition coefficient (Wildman–Crippen LogP) is 5.09. The number of fused-ring (bicyclic) bond motifs is 2. The molecule has 2 aliphatic carbocycles. The predicted molar refractivity (Wildman–Crippen MR) is 110 cm³/mol. The zero-order valence-electron chi connectivity index (χ0n) is 17.1. The highest BCUT2D eigenvalue weighted by Gasteiger charge is 2.53. The smallest absolute Gasteiger partial charge is 0.130 e. The zero-order valence-corrected chi connectivity index (χ0v) is 17.1.